The molecule has 9 heteroatoms. The third-order valence-electron chi connectivity index (χ3n) is 9.26. The molecule has 0 bridgehead atoms. The van der Waals surface area contributed by atoms with E-state index in [1.807, 2.05) is 49.1 Å². The third kappa shape index (κ3) is 11.4. The zero-order valence-corrected chi connectivity index (χ0v) is 33.3. The molecule has 5 aromatic rings. The molecule has 1 aromatic heterocycles. The van der Waals surface area contributed by atoms with Crippen LogP contribution >= 0.6 is 28.6 Å². The van der Waals surface area contributed by atoms with Crippen molar-refractivity contribution < 1.29 is 19.0 Å². The van der Waals surface area contributed by atoms with Gasteiger partial charge in [-0.25, -0.2) is 4.98 Å². The molecule has 2 heterocycles. The van der Waals surface area contributed by atoms with E-state index in [1.165, 1.54) is 22.3 Å². The van der Waals surface area contributed by atoms with Crippen LogP contribution in [0, 0.1) is 20.8 Å². The first kappa shape index (κ1) is 39.6. The van der Waals surface area contributed by atoms with Crippen LogP contribution in [0.5, 0.6) is 23.1 Å². The number of carbonyl (C=O) groups is 1. The minimum absolute atomic E-state index is 0. The second-order valence-corrected chi connectivity index (χ2v) is 13.9. The lowest BCUT2D eigenvalue weighted by molar-refractivity contribution is -0.127. The molecule has 1 fully saturated rings. The van der Waals surface area contributed by atoms with E-state index < -0.39 is 0 Å². The first-order chi connectivity index (χ1) is 25.2. The molecule has 53 heavy (non-hydrogen) atoms. The van der Waals surface area contributed by atoms with E-state index in [-0.39, 0.29) is 22.9 Å². The van der Waals surface area contributed by atoms with Gasteiger partial charge in [0.25, 0.3) is 0 Å². The van der Waals surface area contributed by atoms with Gasteiger partial charge in [-0.2, -0.15) is 0 Å². The van der Waals surface area contributed by atoms with Gasteiger partial charge in [-0.05, 0) is 91.4 Å². The van der Waals surface area contributed by atoms with Crippen LogP contribution in [0.3, 0.4) is 0 Å². The van der Waals surface area contributed by atoms with Crippen molar-refractivity contribution >= 4 is 40.1 Å². The van der Waals surface area contributed by atoms with Gasteiger partial charge < -0.3 is 19.1 Å². The highest BCUT2D eigenvalue weighted by molar-refractivity contribution is 8.93. The normalized spacial score (nSPS) is 13.3. The molecule has 0 atom stereocenters. The van der Waals surface area contributed by atoms with Crippen molar-refractivity contribution in [3.63, 3.8) is 0 Å². The molecular formula is C44H47BrClN3O4. The van der Waals surface area contributed by atoms with E-state index in [9.17, 15) is 4.79 Å². The maximum atomic E-state index is 13.3. The summed E-state index contributed by atoms with van der Waals surface area (Å²) in [5, 5.41) is 0.453. The Labute approximate surface area is 328 Å². The SMILES string of the molecule is Br.C/C(=C\C(=O)N1CCN(Cc2ccc(CCOc3ccc(C)cc3)cc2)CC1)c1cc(C)c(Oc2ccc(OCc3ccc(C)cc3)cn2)c(Cl)c1. The maximum Gasteiger partial charge on any atom is 0.246 e. The van der Waals surface area contributed by atoms with Crippen molar-refractivity contribution in [2.75, 3.05) is 32.8 Å². The number of allylic oxidation sites excluding steroid dienone is 1. The highest BCUT2D eigenvalue weighted by Gasteiger charge is 2.21. The number of rotatable bonds is 13. The average Bonchev–Trinajstić information content (AvgIpc) is 3.15. The van der Waals surface area contributed by atoms with Gasteiger partial charge in [0.05, 0.1) is 17.8 Å². The minimum Gasteiger partial charge on any atom is -0.493 e. The molecule has 0 spiro atoms. The van der Waals surface area contributed by atoms with E-state index in [2.05, 4.69) is 84.4 Å². The summed E-state index contributed by atoms with van der Waals surface area (Å²) < 4.78 is 17.8. The average molecular weight is 797 g/mol. The molecule has 6 rings (SSSR count). The Morgan fingerprint density at radius 3 is 2.04 bits per heavy atom. The number of piperazine rings is 1. The van der Waals surface area contributed by atoms with Gasteiger partial charge in [0.2, 0.25) is 11.8 Å². The highest BCUT2D eigenvalue weighted by atomic mass is 79.9. The van der Waals surface area contributed by atoms with Crippen LogP contribution in [-0.2, 0) is 24.4 Å². The molecule has 7 nitrogen and oxygen atoms in total. The van der Waals surface area contributed by atoms with Crippen LogP contribution in [0.1, 0.15) is 45.9 Å². The second-order valence-electron chi connectivity index (χ2n) is 13.5. The van der Waals surface area contributed by atoms with E-state index >= 15 is 0 Å². The fourth-order valence-electron chi connectivity index (χ4n) is 6.03. The van der Waals surface area contributed by atoms with E-state index in [0.717, 1.165) is 54.1 Å². The van der Waals surface area contributed by atoms with Gasteiger partial charge in [0.15, 0.2) is 5.75 Å². The largest absolute Gasteiger partial charge is 0.493 e. The van der Waals surface area contributed by atoms with Gasteiger partial charge in [-0.15, -0.1) is 17.0 Å². The Morgan fingerprint density at radius 1 is 0.774 bits per heavy atom. The number of carbonyl (C=O) groups excluding carboxylic acids is 1. The van der Waals surface area contributed by atoms with Crippen LogP contribution in [0.4, 0.5) is 0 Å². The Bertz CT molecular complexity index is 1950. The van der Waals surface area contributed by atoms with Crippen molar-refractivity contribution in [3.8, 4) is 23.1 Å². The molecular weight excluding hydrogens is 750 g/mol. The zero-order valence-electron chi connectivity index (χ0n) is 30.8. The Kier molecular flexibility index (Phi) is 14.1. The molecule has 1 amide bonds. The highest BCUT2D eigenvalue weighted by Crippen LogP contribution is 2.35. The second kappa shape index (κ2) is 18.9. The summed E-state index contributed by atoms with van der Waals surface area (Å²) in [5.74, 6) is 2.51. The number of halogens is 2. The minimum atomic E-state index is 0. The number of benzene rings is 4. The first-order valence-electron chi connectivity index (χ1n) is 17.8. The van der Waals surface area contributed by atoms with Gasteiger partial charge >= 0.3 is 0 Å². The quantitative estimate of drug-likeness (QED) is 0.111. The molecule has 1 aliphatic rings. The smallest absolute Gasteiger partial charge is 0.246 e. The van der Waals surface area contributed by atoms with Crippen LogP contribution in [0.25, 0.3) is 5.57 Å². The number of aryl methyl sites for hydroxylation is 3. The van der Waals surface area contributed by atoms with Crippen molar-refractivity contribution in [2.24, 2.45) is 0 Å². The lowest BCUT2D eigenvalue weighted by atomic mass is 10.0. The molecule has 4 aromatic carbocycles. The van der Waals surface area contributed by atoms with Crippen LogP contribution in [0.2, 0.25) is 5.02 Å². The molecule has 0 radical (unpaired) electrons. The Morgan fingerprint density at radius 2 is 1.40 bits per heavy atom. The lowest BCUT2D eigenvalue weighted by Gasteiger charge is -2.34. The van der Waals surface area contributed by atoms with Crippen molar-refractivity contribution in [3.05, 3.63) is 153 Å². The predicted octanol–water partition coefficient (Wildman–Crippen LogP) is 9.98. The molecule has 0 aliphatic carbocycles. The van der Waals surface area contributed by atoms with Gasteiger partial charge in [-0.1, -0.05) is 83.4 Å². The summed E-state index contributed by atoms with van der Waals surface area (Å²) in [5.41, 5.74) is 8.63. The fraction of sp³-hybridized carbons (Fsp3) is 0.273. The van der Waals surface area contributed by atoms with Gasteiger partial charge in [0.1, 0.15) is 18.1 Å². The summed E-state index contributed by atoms with van der Waals surface area (Å²) in [7, 11) is 0. The third-order valence-corrected chi connectivity index (χ3v) is 9.54. The summed E-state index contributed by atoms with van der Waals surface area (Å²) in [4.78, 5) is 22.0. The standard InChI is InChI=1S/C44H46ClN3O4.BrH/c1-31-5-9-37(10-6-31)30-51-40-17-18-42(46-28-40)52-44-34(4)25-38(27-41(44)45)33(3)26-43(49)48-22-20-47(21-23-48)29-36-13-11-35(12-14-36)19-24-50-39-15-7-32(2)8-16-39;/h5-18,25-28H,19-24,29-30H2,1-4H3;1H/b33-26+;. The zero-order chi connectivity index (χ0) is 36.5. The monoisotopic (exact) mass is 795 g/mol. The summed E-state index contributed by atoms with van der Waals surface area (Å²) in [6.45, 7) is 13.0. The van der Waals surface area contributed by atoms with E-state index in [4.69, 9.17) is 25.8 Å². The molecule has 1 saturated heterocycles. The number of hydrogen-bond donors (Lipinski definition) is 0. The Hall–Kier alpha value is -4.63. The summed E-state index contributed by atoms with van der Waals surface area (Å²) in [6.07, 6.45) is 4.21. The number of aromatic nitrogens is 1. The predicted molar refractivity (Wildman–Crippen MR) is 219 cm³/mol. The van der Waals surface area contributed by atoms with Crippen molar-refractivity contribution in [1.82, 2.24) is 14.8 Å². The number of hydrogen-bond acceptors (Lipinski definition) is 6. The Balaban J connectivity index is 0.00000541. The van der Waals surface area contributed by atoms with Crippen molar-refractivity contribution in [1.29, 1.82) is 0 Å². The summed E-state index contributed by atoms with van der Waals surface area (Å²) >= 11 is 6.70. The summed E-state index contributed by atoms with van der Waals surface area (Å²) in [6, 6.07) is 32.6. The van der Waals surface area contributed by atoms with Gasteiger partial charge in [0, 0.05) is 51.3 Å². The van der Waals surface area contributed by atoms with Gasteiger partial charge in [-0.3, -0.25) is 9.69 Å². The van der Waals surface area contributed by atoms with Crippen LogP contribution in [-0.4, -0.2) is 53.5 Å². The molecule has 0 N–H and O–H groups in total. The van der Waals surface area contributed by atoms with Crippen LogP contribution in [0.15, 0.2) is 109 Å². The van der Waals surface area contributed by atoms with E-state index in [0.29, 0.717) is 48.7 Å². The lowest BCUT2D eigenvalue weighted by Crippen LogP contribution is -2.47. The number of nitrogens with zero attached hydrogens (tertiary/aromatic N) is 3. The number of amides is 1. The number of ether oxygens (including phenoxy) is 3. The molecule has 276 valence electrons. The molecule has 0 saturated carbocycles. The molecule has 1 aliphatic heterocycles. The topological polar surface area (TPSA) is 64.1 Å². The molecule has 0 unspecified atom stereocenters. The first-order valence-corrected chi connectivity index (χ1v) is 18.2. The van der Waals surface area contributed by atoms with E-state index in [1.54, 1.807) is 18.3 Å². The fourth-order valence-corrected chi connectivity index (χ4v) is 6.34. The van der Waals surface area contributed by atoms with Crippen LogP contribution < -0.4 is 14.2 Å². The maximum absolute atomic E-state index is 13.3. The number of pyridine rings is 1. The van der Waals surface area contributed by atoms with Crippen molar-refractivity contribution in [2.45, 2.75) is 47.3 Å².